The molecule has 0 saturated carbocycles. The molecule has 2 aromatic heterocycles. The highest BCUT2D eigenvalue weighted by Gasteiger charge is 2.39. The number of hydrogen-bond donors (Lipinski definition) is 1. The van der Waals surface area contributed by atoms with Gasteiger partial charge in [0.2, 0.25) is 11.0 Å². The van der Waals surface area contributed by atoms with Crippen LogP contribution < -0.4 is 5.32 Å². The van der Waals surface area contributed by atoms with E-state index in [0.717, 1.165) is 32.7 Å². The normalized spacial score (nSPS) is 12.6. The molecule has 0 radical (unpaired) electrons. The van der Waals surface area contributed by atoms with Crippen LogP contribution in [0.2, 0.25) is 0 Å². The number of anilines is 1. The molecule has 1 amide bonds. The first-order valence-electron chi connectivity index (χ1n) is 11.2. The second-order valence-electron chi connectivity index (χ2n) is 9.00. The summed E-state index contributed by atoms with van der Waals surface area (Å²) >= 11 is 1.35. The molecular formula is C27H24FN5OS. The summed E-state index contributed by atoms with van der Waals surface area (Å²) in [6, 6.07) is 22.4. The highest BCUT2D eigenvalue weighted by atomic mass is 32.1. The van der Waals surface area contributed by atoms with Crippen LogP contribution in [0.5, 0.6) is 0 Å². The SMILES string of the molecule is Cc1nnc(NC(=O)C(C)(C)C(c2ccccc2)c2ccc3c(cnn3-c3ccc(F)cc3)c2)s1. The summed E-state index contributed by atoms with van der Waals surface area (Å²) in [6.07, 6.45) is 1.79. The Morgan fingerprint density at radius 3 is 2.43 bits per heavy atom. The van der Waals surface area contributed by atoms with Gasteiger partial charge in [0.25, 0.3) is 0 Å². The Hall–Kier alpha value is -3.91. The molecule has 8 heteroatoms. The first-order chi connectivity index (χ1) is 16.8. The molecule has 6 nitrogen and oxygen atoms in total. The van der Waals surface area contributed by atoms with Gasteiger partial charge >= 0.3 is 0 Å². The molecule has 0 bridgehead atoms. The summed E-state index contributed by atoms with van der Waals surface area (Å²) in [5, 5.41) is 17.7. The zero-order valence-electron chi connectivity index (χ0n) is 19.6. The van der Waals surface area contributed by atoms with Crippen molar-refractivity contribution in [1.29, 1.82) is 0 Å². The van der Waals surface area contributed by atoms with Crippen LogP contribution in [0, 0.1) is 18.2 Å². The number of benzene rings is 3. The Bertz CT molecular complexity index is 1490. The fourth-order valence-corrected chi connectivity index (χ4v) is 5.01. The zero-order valence-corrected chi connectivity index (χ0v) is 20.4. The van der Waals surface area contributed by atoms with E-state index in [9.17, 15) is 9.18 Å². The van der Waals surface area contributed by atoms with Crippen LogP contribution in [0.1, 0.15) is 35.9 Å². The van der Waals surface area contributed by atoms with Gasteiger partial charge < -0.3 is 5.32 Å². The third kappa shape index (κ3) is 4.44. The monoisotopic (exact) mass is 485 g/mol. The third-order valence-electron chi connectivity index (χ3n) is 6.18. The number of halogens is 1. The molecule has 0 aliphatic rings. The molecule has 0 spiro atoms. The van der Waals surface area contributed by atoms with E-state index in [-0.39, 0.29) is 17.6 Å². The number of nitrogens with zero attached hydrogens (tertiary/aromatic N) is 4. The van der Waals surface area contributed by atoms with Gasteiger partial charge in [-0.3, -0.25) is 4.79 Å². The van der Waals surface area contributed by atoms with E-state index in [4.69, 9.17) is 0 Å². The van der Waals surface area contributed by atoms with Crippen molar-refractivity contribution in [2.75, 3.05) is 5.32 Å². The van der Waals surface area contributed by atoms with E-state index in [1.54, 1.807) is 23.0 Å². The van der Waals surface area contributed by atoms with Gasteiger partial charge in [0, 0.05) is 11.3 Å². The molecular weight excluding hydrogens is 461 g/mol. The lowest BCUT2D eigenvalue weighted by molar-refractivity contribution is -0.124. The molecule has 1 unspecified atom stereocenters. The number of nitrogens with one attached hydrogen (secondary N) is 1. The summed E-state index contributed by atoms with van der Waals surface area (Å²) in [4.78, 5) is 13.5. The number of carbonyl (C=O) groups is 1. The standard InChI is InChI=1S/C27H24FN5OS/c1-17-31-32-26(35-17)30-25(34)27(2,3)24(18-7-5-4-6-8-18)19-9-14-23-20(15-19)16-29-33(23)22-12-10-21(28)11-13-22/h4-16,24H,1-3H3,(H,30,32,34). The van der Waals surface area contributed by atoms with Crippen molar-refractivity contribution >= 4 is 33.3 Å². The largest absolute Gasteiger partial charge is 0.300 e. The van der Waals surface area contributed by atoms with Crippen molar-refractivity contribution in [1.82, 2.24) is 20.0 Å². The average Bonchev–Trinajstić information content (AvgIpc) is 3.46. The first kappa shape index (κ1) is 22.9. The maximum absolute atomic E-state index is 13.5. The molecule has 1 atom stereocenters. The van der Waals surface area contributed by atoms with Gasteiger partial charge in [-0.2, -0.15) is 5.10 Å². The number of hydrogen-bond acceptors (Lipinski definition) is 5. The van der Waals surface area contributed by atoms with Crippen molar-refractivity contribution < 1.29 is 9.18 Å². The second kappa shape index (κ2) is 9.03. The molecule has 0 fully saturated rings. The molecule has 176 valence electrons. The summed E-state index contributed by atoms with van der Waals surface area (Å²) in [5.74, 6) is -0.650. The second-order valence-corrected chi connectivity index (χ2v) is 10.2. The van der Waals surface area contributed by atoms with E-state index >= 15 is 0 Å². The summed E-state index contributed by atoms with van der Waals surface area (Å²) < 4.78 is 15.2. The van der Waals surface area contributed by atoms with E-state index < -0.39 is 5.41 Å². The lowest BCUT2D eigenvalue weighted by Crippen LogP contribution is -2.37. The minimum atomic E-state index is -0.804. The van der Waals surface area contributed by atoms with Gasteiger partial charge in [-0.15, -0.1) is 10.2 Å². The molecule has 0 aliphatic heterocycles. The van der Waals surface area contributed by atoms with Crippen LogP contribution in [-0.2, 0) is 4.79 Å². The van der Waals surface area contributed by atoms with Crippen molar-refractivity contribution in [2.24, 2.45) is 5.41 Å². The van der Waals surface area contributed by atoms with Gasteiger partial charge in [0.05, 0.1) is 22.8 Å². The Labute approximate surface area is 206 Å². The number of amides is 1. The van der Waals surface area contributed by atoms with E-state index in [1.165, 1.54) is 23.5 Å². The molecule has 5 rings (SSSR count). The van der Waals surface area contributed by atoms with Crippen molar-refractivity contribution in [3.05, 3.63) is 101 Å². The van der Waals surface area contributed by atoms with Crippen LogP contribution in [-0.4, -0.2) is 25.9 Å². The Kier molecular flexibility index (Phi) is 5.90. The lowest BCUT2D eigenvalue weighted by Gasteiger charge is -2.33. The van der Waals surface area contributed by atoms with Crippen LogP contribution >= 0.6 is 11.3 Å². The highest BCUT2D eigenvalue weighted by molar-refractivity contribution is 7.15. The molecule has 0 aliphatic carbocycles. The number of aromatic nitrogens is 4. The minimum absolute atomic E-state index is 0.135. The lowest BCUT2D eigenvalue weighted by atomic mass is 9.70. The molecule has 1 N–H and O–H groups in total. The quantitative estimate of drug-likeness (QED) is 0.314. The van der Waals surface area contributed by atoms with E-state index in [0.29, 0.717) is 5.13 Å². The van der Waals surface area contributed by atoms with Gasteiger partial charge in [0.1, 0.15) is 10.8 Å². The van der Waals surface area contributed by atoms with Gasteiger partial charge in [-0.05, 0) is 54.4 Å². The van der Waals surface area contributed by atoms with Gasteiger partial charge in [-0.1, -0.05) is 61.6 Å². The molecule has 2 heterocycles. The number of rotatable bonds is 6. The summed E-state index contributed by atoms with van der Waals surface area (Å²) in [5.41, 5.74) is 2.91. The van der Waals surface area contributed by atoms with Gasteiger partial charge in [-0.25, -0.2) is 9.07 Å². The molecule has 3 aromatic carbocycles. The highest BCUT2D eigenvalue weighted by Crippen LogP contribution is 2.42. The van der Waals surface area contributed by atoms with Crippen LogP contribution in [0.3, 0.4) is 0 Å². The fourth-order valence-electron chi connectivity index (χ4n) is 4.43. The average molecular weight is 486 g/mol. The van der Waals surface area contributed by atoms with Crippen molar-refractivity contribution in [3.8, 4) is 5.69 Å². The summed E-state index contributed by atoms with van der Waals surface area (Å²) in [6.45, 7) is 5.74. The van der Waals surface area contributed by atoms with Crippen molar-refractivity contribution in [2.45, 2.75) is 26.7 Å². The first-order valence-corrected chi connectivity index (χ1v) is 12.0. The maximum Gasteiger partial charge on any atom is 0.232 e. The summed E-state index contributed by atoms with van der Waals surface area (Å²) in [7, 11) is 0. The number of aryl methyl sites for hydroxylation is 1. The zero-order chi connectivity index (χ0) is 24.6. The predicted octanol–water partition coefficient (Wildman–Crippen LogP) is 6.12. The van der Waals surface area contributed by atoms with Crippen LogP contribution in [0.25, 0.3) is 16.6 Å². The maximum atomic E-state index is 13.5. The smallest absolute Gasteiger partial charge is 0.232 e. The Morgan fingerprint density at radius 1 is 1.00 bits per heavy atom. The minimum Gasteiger partial charge on any atom is -0.300 e. The van der Waals surface area contributed by atoms with Gasteiger partial charge in [0.15, 0.2) is 0 Å². The number of carbonyl (C=O) groups excluding carboxylic acids is 1. The van der Waals surface area contributed by atoms with E-state index in [1.807, 2.05) is 63.2 Å². The Morgan fingerprint density at radius 2 is 1.74 bits per heavy atom. The van der Waals surface area contributed by atoms with Crippen molar-refractivity contribution in [3.63, 3.8) is 0 Å². The number of fused-ring (bicyclic) bond motifs is 1. The molecule has 5 aromatic rings. The fraction of sp³-hybridized carbons (Fsp3) is 0.185. The third-order valence-corrected chi connectivity index (χ3v) is 6.94. The predicted molar refractivity (Wildman–Crippen MR) is 136 cm³/mol. The Balaban J connectivity index is 1.56. The van der Waals surface area contributed by atoms with E-state index in [2.05, 4.69) is 26.7 Å². The van der Waals surface area contributed by atoms with Crippen LogP contribution in [0.15, 0.2) is 79.0 Å². The topological polar surface area (TPSA) is 72.7 Å². The van der Waals surface area contributed by atoms with Crippen LogP contribution in [0.4, 0.5) is 9.52 Å². The molecule has 0 saturated heterocycles. The molecule has 35 heavy (non-hydrogen) atoms.